The van der Waals surface area contributed by atoms with E-state index in [1.165, 1.54) is 18.4 Å². The normalized spacial score (nSPS) is 18.1. The molecule has 0 saturated carbocycles. The summed E-state index contributed by atoms with van der Waals surface area (Å²) in [7, 11) is 1.58. The highest BCUT2D eigenvalue weighted by atomic mass is 16.5. The fraction of sp³-hybridized carbons (Fsp3) is 0.600. The molecule has 0 aromatic carbocycles. The van der Waals surface area contributed by atoms with Crippen LogP contribution in [0.15, 0.2) is 12.4 Å². The molecule has 0 spiro atoms. The van der Waals surface area contributed by atoms with Gasteiger partial charge in [-0.15, -0.1) is 0 Å². The molecule has 0 amide bonds. The zero-order valence-corrected chi connectivity index (χ0v) is 8.36. The third-order valence-electron chi connectivity index (χ3n) is 2.64. The van der Waals surface area contributed by atoms with Crippen molar-refractivity contribution >= 4 is 0 Å². The molecule has 4 nitrogen and oxygen atoms in total. The second-order valence-electron chi connectivity index (χ2n) is 3.53. The van der Waals surface area contributed by atoms with E-state index in [1.807, 2.05) is 12.4 Å². The predicted molar refractivity (Wildman–Crippen MR) is 53.4 cm³/mol. The third-order valence-corrected chi connectivity index (χ3v) is 2.64. The van der Waals surface area contributed by atoms with E-state index in [2.05, 4.69) is 15.3 Å². The van der Waals surface area contributed by atoms with Gasteiger partial charge in [-0.25, -0.2) is 9.97 Å². The van der Waals surface area contributed by atoms with Gasteiger partial charge in [0, 0.05) is 12.4 Å². The Hall–Kier alpha value is -1.16. The Labute approximate surface area is 83.7 Å². The SMILES string of the molecule is COc1ncc(C2CCNCC2)cn1. The number of hydrogen-bond donors (Lipinski definition) is 1. The summed E-state index contributed by atoms with van der Waals surface area (Å²) >= 11 is 0. The molecule has 0 radical (unpaired) electrons. The van der Waals surface area contributed by atoms with E-state index >= 15 is 0 Å². The topological polar surface area (TPSA) is 47.0 Å². The van der Waals surface area contributed by atoms with E-state index in [0.29, 0.717) is 11.9 Å². The van der Waals surface area contributed by atoms with E-state index in [-0.39, 0.29) is 0 Å². The maximum absolute atomic E-state index is 4.92. The van der Waals surface area contributed by atoms with Crippen molar-refractivity contribution in [1.29, 1.82) is 0 Å². The van der Waals surface area contributed by atoms with Gasteiger partial charge in [0.1, 0.15) is 0 Å². The lowest BCUT2D eigenvalue weighted by atomic mass is 9.92. The maximum Gasteiger partial charge on any atom is 0.316 e. The number of nitrogens with zero attached hydrogens (tertiary/aromatic N) is 2. The lowest BCUT2D eigenvalue weighted by Gasteiger charge is -2.22. The molecule has 1 aliphatic rings. The molecule has 1 aromatic heterocycles. The average Bonchev–Trinajstić information content (AvgIpc) is 2.30. The molecule has 1 aromatic rings. The van der Waals surface area contributed by atoms with Crippen molar-refractivity contribution in [3.8, 4) is 6.01 Å². The number of ether oxygens (including phenoxy) is 1. The van der Waals surface area contributed by atoms with Gasteiger partial charge in [-0.2, -0.15) is 0 Å². The van der Waals surface area contributed by atoms with Crippen LogP contribution in [0.1, 0.15) is 24.3 Å². The summed E-state index contributed by atoms with van der Waals surface area (Å²) in [6, 6.07) is 0.447. The van der Waals surface area contributed by atoms with Crippen LogP contribution in [0.5, 0.6) is 6.01 Å². The van der Waals surface area contributed by atoms with Gasteiger partial charge >= 0.3 is 6.01 Å². The smallest absolute Gasteiger partial charge is 0.316 e. The minimum Gasteiger partial charge on any atom is -0.467 e. The summed E-state index contributed by atoms with van der Waals surface area (Å²) < 4.78 is 4.92. The molecular formula is C10H15N3O. The highest BCUT2D eigenvalue weighted by molar-refractivity contribution is 5.14. The molecule has 2 heterocycles. The first kappa shape index (κ1) is 9.40. The van der Waals surface area contributed by atoms with Crippen LogP contribution in [0, 0.1) is 0 Å². The Morgan fingerprint density at radius 2 is 1.93 bits per heavy atom. The molecule has 4 heteroatoms. The summed E-state index contributed by atoms with van der Waals surface area (Å²) in [6.07, 6.45) is 6.11. The van der Waals surface area contributed by atoms with Crippen molar-refractivity contribution in [2.75, 3.05) is 20.2 Å². The van der Waals surface area contributed by atoms with Gasteiger partial charge in [0.25, 0.3) is 0 Å². The molecule has 14 heavy (non-hydrogen) atoms. The van der Waals surface area contributed by atoms with E-state index in [9.17, 15) is 0 Å². The van der Waals surface area contributed by atoms with Crippen LogP contribution in [-0.2, 0) is 0 Å². The number of methoxy groups -OCH3 is 1. The summed E-state index contributed by atoms with van der Waals surface area (Å²) in [5, 5.41) is 3.34. The summed E-state index contributed by atoms with van der Waals surface area (Å²) in [6.45, 7) is 2.19. The highest BCUT2D eigenvalue weighted by Crippen LogP contribution is 2.24. The van der Waals surface area contributed by atoms with Crippen LogP contribution >= 0.6 is 0 Å². The van der Waals surface area contributed by atoms with Gasteiger partial charge in [0.15, 0.2) is 0 Å². The molecule has 1 aliphatic heterocycles. The Morgan fingerprint density at radius 1 is 1.29 bits per heavy atom. The van der Waals surface area contributed by atoms with Gasteiger partial charge in [0.2, 0.25) is 0 Å². The minimum absolute atomic E-state index is 0.447. The molecule has 0 unspecified atom stereocenters. The number of rotatable bonds is 2. The van der Waals surface area contributed by atoms with Crippen molar-refractivity contribution in [2.24, 2.45) is 0 Å². The molecule has 0 aliphatic carbocycles. The first-order chi connectivity index (χ1) is 6.90. The minimum atomic E-state index is 0.447. The van der Waals surface area contributed by atoms with E-state index in [1.54, 1.807) is 7.11 Å². The molecule has 2 rings (SSSR count). The van der Waals surface area contributed by atoms with Gasteiger partial charge in [-0.05, 0) is 37.4 Å². The molecular weight excluding hydrogens is 178 g/mol. The Kier molecular flexibility index (Phi) is 2.93. The van der Waals surface area contributed by atoms with Gasteiger partial charge in [-0.3, -0.25) is 0 Å². The zero-order valence-electron chi connectivity index (χ0n) is 8.36. The largest absolute Gasteiger partial charge is 0.467 e. The first-order valence-electron chi connectivity index (χ1n) is 4.97. The monoisotopic (exact) mass is 193 g/mol. The molecule has 76 valence electrons. The molecule has 1 N–H and O–H groups in total. The van der Waals surface area contributed by atoms with Gasteiger partial charge < -0.3 is 10.1 Å². The third kappa shape index (κ3) is 2.01. The predicted octanol–water partition coefficient (Wildman–Crippen LogP) is 0.952. The Bertz CT molecular complexity index is 280. The Balaban J connectivity index is 2.07. The number of piperidine rings is 1. The summed E-state index contributed by atoms with van der Waals surface area (Å²) in [4.78, 5) is 8.24. The van der Waals surface area contributed by atoms with Crippen LogP contribution in [0.4, 0.5) is 0 Å². The maximum atomic E-state index is 4.92. The molecule has 1 fully saturated rings. The quantitative estimate of drug-likeness (QED) is 0.759. The van der Waals surface area contributed by atoms with E-state index in [0.717, 1.165) is 13.1 Å². The van der Waals surface area contributed by atoms with Crippen molar-refractivity contribution in [3.63, 3.8) is 0 Å². The van der Waals surface area contributed by atoms with Crippen LogP contribution < -0.4 is 10.1 Å². The fourth-order valence-corrected chi connectivity index (χ4v) is 1.80. The van der Waals surface area contributed by atoms with Crippen LogP contribution in [0.25, 0.3) is 0 Å². The Morgan fingerprint density at radius 3 is 2.50 bits per heavy atom. The first-order valence-corrected chi connectivity index (χ1v) is 4.97. The lowest BCUT2D eigenvalue weighted by Crippen LogP contribution is -2.26. The van der Waals surface area contributed by atoms with E-state index < -0.39 is 0 Å². The molecule has 0 bridgehead atoms. The van der Waals surface area contributed by atoms with Crippen molar-refractivity contribution < 1.29 is 4.74 Å². The van der Waals surface area contributed by atoms with Gasteiger partial charge in [0.05, 0.1) is 7.11 Å². The number of hydrogen-bond acceptors (Lipinski definition) is 4. The highest BCUT2D eigenvalue weighted by Gasteiger charge is 2.15. The van der Waals surface area contributed by atoms with Crippen LogP contribution in [0.2, 0.25) is 0 Å². The lowest BCUT2D eigenvalue weighted by molar-refractivity contribution is 0.377. The summed E-state index contributed by atoms with van der Waals surface area (Å²) in [5.41, 5.74) is 1.23. The number of nitrogens with one attached hydrogen (secondary N) is 1. The summed E-state index contributed by atoms with van der Waals surface area (Å²) in [5.74, 6) is 0.613. The molecule has 0 atom stereocenters. The number of aromatic nitrogens is 2. The zero-order chi connectivity index (χ0) is 9.80. The average molecular weight is 193 g/mol. The van der Waals surface area contributed by atoms with Crippen LogP contribution in [-0.4, -0.2) is 30.2 Å². The molecule has 1 saturated heterocycles. The van der Waals surface area contributed by atoms with Crippen molar-refractivity contribution in [2.45, 2.75) is 18.8 Å². The van der Waals surface area contributed by atoms with Gasteiger partial charge in [-0.1, -0.05) is 0 Å². The van der Waals surface area contributed by atoms with Crippen molar-refractivity contribution in [1.82, 2.24) is 15.3 Å². The van der Waals surface area contributed by atoms with E-state index in [4.69, 9.17) is 4.74 Å². The fourth-order valence-electron chi connectivity index (χ4n) is 1.80. The van der Waals surface area contributed by atoms with Crippen molar-refractivity contribution in [3.05, 3.63) is 18.0 Å². The second-order valence-corrected chi connectivity index (χ2v) is 3.53. The second kappa shape index (κ2) is 4.37. The van der Waals surface area contributed by atoms with Crippen LogP contribution in [0.3, 0.4) is 0 Å². The standard InChI is InChI=1S/C10H15N3O/c1-14-10-12-6-9(7-13-10)8-2-4-11-5-3-8/h6-8,11H,2-5H2,1H3.